The van der Waals surface area contributed by atoms with E-state index in [9.17, 15) is 10.1 Å². The number of piperidine rings is 1. The summed E-state index contributed by atoms with van der Waals surface area (Å²) < 4.78 is 0. The van der Waals surface area contributed by atoms with Gasteiger partial charge in [-0.1, -0.05) is 0 Å². The molecule has 0 radical (unpaired) electrons. The Labute approximate surface area is 105 Å². The Hall–Kier alpha value is -1.85. The molecule has 0 aromatic carbocycles. The second kappa shape index (κ2) is 4.12. The summed E-state index contributed by atoms with van der Waals surface area (Å²) in [6.07, 6.45) is 3.54. The van der Waals surface area contributed by atoms with Crippen LogP contribution in [0.5, 0.6) is 0 Å². The maximum atomic E-state index is 11.1. The van der Waals surface area contributed by atoms with Crippen LogP contribution in [-0.2, 0) is 0 Å². The van der Waals surface area contributed by atoms with Crippen molar-refractivity contribution in [1.82, 2.24) is 4.98 Å². The maximum absolute atomic E-state index is 11.1. The SMILES string of the molecule is CNc1ccc([N+](=O)[O-])c(N2CC3CCC2C3)n1. The van der Waals surface area contributed by atoms with Crippen molar-refractivity contribution >= 4 is 17.3 Å². The molecule has 2 fully saturated rings. The van der Waals surface area contributed by atoms with Gasteiger partial charge in [-0.15, -0.1) is 0 Å². The van der Waals surface area contributed by atoms with Crippen molar-refractivity contribution in [3.05, 3.63) is 22.2 Å². The average molecular weight is 248 g/mol. The zero-order chi connectivity index (χ0) is 12.7. The van der Waals surface area contributed by atoms with Gasteiger partial charge in [-0.05, 0) is 31.2 Å². The van der Waals surface area contributed by atoms with Gasteiger partial charge in [0.05, 0.1) is 4.92 Å². The molecule has 2 unspecified atom stereocenters. The molecule has 1 saturated carbocycles. The number of anilines is 2. The van der Waals surface area contributed by atoms with Gasteiger partial charge in [-0.2, -0.15) is 0 Å². The predicted molar refractivity (Wildman–Crippen MR) is 68.9 cm³/mol. The third-order valence-corrected chi connectivity index (χ3v) is 3.99. The topological polar surface area (TPSA) is 71.3 Å². The van der Waals surface area contributed by atoms with Crippen molar-refractivity contribution in [1.29, 1.82) is 0 Å². The average Bonchev–Trinajstić information content (AvgIpc) is 3.00. The largest absolute Gasteiger partial charge is 0.373 e. The minimum atomic E-state index is -0.340. The Morgan fingerprint density at radius 1 is 1.50 bits per heavy atom. The zero-order valence-corrected chi connectivity index (χ0v) is 10.3. The summed E-state index contributed by atoms with van der Waals surface area (Å²) in [6.45, 7) is 0.908. The molecule has 3 rings (SSSR count). The van der Waals surface area contributed by atoms with Gasteiger partial charge in [0.2, 0.25) is 5.82 Å². The number of pyridine rings is 1. The molecule has 6 nitrogen and oxygen atoms in total. The monoisotopic (exact) mass is 248 g/mol. The van der Waals surface area contributed by atoms with Crippen LogP contribution in [0.25, 0.3) is 0 Å². The summed E-state index contributed by atoms with van der Waals surface area (Å²) >= 11 is 0. The minimum absolute atomic E-state index is 0.113. The van der Waals surface area contributed by atoms with Crippen LogP contribution in [0.15, 0.2) is 12.1 Å². The number of fused-ring (bicyclic) bond motifs is 2. The van der Waals surface area contributed by atoms with Crippen molar-refractivity contribution in [2.24, 2.45) is 5.92 Å². The molecule has 0 spiro atoms. The van der Waals surface area contributed by atoms with Crippen LogP contribution in [0.2, 0.25) is 0 Å². The van der Waals surface area contributed by atoms with Crippen molar-refractivity contribution < 1.29 is 4.92 Å². The van der Waals surface area contributed by atoms with E-state index in [-0.39, 0.29) is 10.6 Å². The first kappa shape index (κ1) is 11.3. The van der Waals surface area contributed by atoms with E-state index in [4.69, 9.17) is 0 Å². The molecule has 1 aromatic rings. The highest BCUT2D eigenvalue weighted by Crippen LogP contribution is 2.42. The van der Waals surface area contributed by atoms with Crippen LogP contribution in [0.4, 0.5) is 17.3 Å². The van der Waals surface area contributed by atoms with Crippen LogP contribution in [0.1, 0.15) is 19.3 Å². The molecule has 2 heterocycles. The fourth-order valence-corrected chi connectivity index (χ4v) is 3.12. The normalized spacial score (nSPS) is 25.5. The van der Waals surface area contributed by atoms with Gasteiger partial charge in [0.15, 0.2) is 0 Å². The second-order valence-electron chi connectivity index (χ2n) is 5.03. The summed E-state index contributed by atoms with van der Waals surface area (Å²) in [5, 5.41) is 14.0. The van der Waals surface area contributed by atoms with Crippen LogP contribution in [-0.4, -0.2) is 29.5 Å². The minimum Gasteiger partial charge on any atom is -0.373 e. The third kappa shape index (κ3) is 1.68. The van der Waals surface area contributed by atoms with Crippen LogP contribution < -0.4 is 10.2 Å². The fraction of sp³-hybridized carbons (Fsp3) is 0.583. The number of nitro groups is 1. The summed E-state index contributed by atoms with van der Waals surface area (Å²) in [4.78, 5) is 17.3. The number of aromatic nitrogens is 1. The van der Waals surface area contributed by atoms with Gasteiger partial charge in [0.1, 0.15) is 5.82 Å². The van der Waals surface area contributed by atoms with Gasteiger partial charge in [-0.25, -0.2) is 4.98 Å². The third-order valence-electron chi connectivity index (χ3n) is 3.99. The maximum Gasteiger partial charge on any atom is 0.311 e. The van der Waals surface area contributed by atoms with Gasteiger partial charge in [-0.3, -0.25) is 10.1 Å². The van der Waals surface area contributed by atoms with Crippen LogP contribution in [0.3, 0.4) is 0 Å². The van der Waals surface area contributed by atoms with Gasteiger partial charge in [0.25, 0.3) is 0 Å². The lowest BCUT2D eigenvalue weighted by atomic mass is 10.1. The van der Waals surface area contributed by atoms with E-state index in [2.05, 4.69) is 15.2 Å². The number of rotatable bonds is 3. The van der Waals surface area contributed by atoms with E-state index in [1.54, 1.807) is 19.2 Å². The molecule has 1 aliphatic heterocycles. The molecule has 18 heavy (non-hydrogen) atoms. The first-order valence-corrected chi connectivity index (χ1v) is 6.29. The van der Waals surface area contributed by atoms with Crippen molar-refractivity contribution in [2.75, 3.05) is 23.8 Å². The van der Waals surface area contributed by atoms with Crippen LogP contribution in [0, 0.1) is 16.0 Å². The molecule has 1 aliphatic carbocycles. The van der Waals surface area contributed by atoms with E-state index < -0.39 is 0 Å². The van der Waals surface area contributed by atoms with E-state index in [0.717, 1.165) is 19.4 Å². The summed E-state index contributed by atoms with van der Waals surface area (Å²) in [7, 11) is 1.77. The molecular weight excluding hydrogens is 232 g/mol. The van der Waals surface area contributed by atoms with Crippen molar-refractivity contribution in [3.8, 4) is 0 Å². The van der Waals surface area contributed by atoms with Gasteiger partial charge < -0.3 is 10.2 Å². The molecule has 1 N–H and O–H groups in total. The Kier molecular flexibility index (Phi) is 2.57. The van der Waals surface area contributed by atoms with Crippen molar-refractivity contribution in [3.63, 3.8) is 0 Å². The first-order valence-electron chi connectivity index (χ1n) is 6.29. The lowest BCUT2D eigenvalue weighted by molar-refractivity contribution is -0.384. The van der Waals surface area contributed by atoms with E-state index in [1.807, 2.05) is 0 Å². The fourth-order valence-electron chi connectivity index (χ4n) is 3.12. The standard InChI is InChI=1S/C12H16N4O2/c1-13-11-5-4-10(16(17)18)12(14-11)15-7-8-2-3-9(15)6-8/h4-5,8-9H,2-3,6-7H2,1H3,(H,13,14). The van der Waals surface area contributed by atoms with Crippen molar-refractivity contribution in [2.45, 2.75) is 25.3 Å². The Bertz CT molecular complexity index is 491. The van der Waals surface area contributed by atoms with E-state index in [0.29, 0.717) is 23.6 Å². The highest BCUT2D eigenvalue weighted by Gasteiger charge is 2.40. The predicted octanol–water partition coefficient (Wildman–Crippen LogP) is 2.02. The molecular formula is C12H16N4O2. The molecule has 0 amide bonds. The molecule has 1 aromatic heterocycles. The molecule has 2 aliphatic rings. The van der Waals surface area contributed by atoms with Gasteiger partial charge in [0, 0.05) is 25.7 Å². The Morgan fingerprint density at radius 2 is 2.33 bits per heavy atom. The highest BCUT2D eigenvalue weighted by molar-refractivity contribution is 5.63. The lowest BCUT2D eigenvalue weighted by Crippen LogP contribution is -2.33. The number of hydrogen-bond donors (Lipinski definition) is 1. The Balaban J connectivity index is 2.00. The molecule has 1 saturated heterocycles. The molecule has 2 bridgehead atoms. The smallest absolute Gasteiger partial charge is 0.311 e. The zero-order valence-electron chi connectivity index (χ0n) is 10.3. The molecule has 2 atom stereocenters. The van der Waals surface area contributed by atoms with Crippen LogP contribution >= 0.6 is 0 Å². The summed E-state index contributed by atoms with van der Waals surface area (Å²) in [6, 6.07) is 3.63. The highest BCUT2D eigenvalue weighted by atomic mass is 16.6. The molecule has 6 heteroatoms. The number of nitrogens with one attached hydrogen (secondary N) is 1. The first-order chi connectivity index (χ1) is 8.69. The number of nitrogens with zero attached hydrogens (tertiary/aromatic N) is 3. The Morgan fingerprint density at radius 3 is 2.89 bits per heavy atom. The number of hydrogen-bond acceptors (Lipinski definition) is 5. The van der Waals surface area contributed by atoms with E-state index >= 15 is 0 Å². The summed E-state index contributed by atoms with van der Waals surface area (Å²) in [5.41, 5.74) is 0.113. The van der Waals surface area contributed by atoms with Gasteiger partial charge >= 0.3 is 5.69 Å². The quantitative estimate of drug-likeness (QED) is 0.654. The lowest BCUT2D eigenvalue weighted by Gasteiger charge is -2.27. The second-order valence-corrected chi connectivity index (χ2v) is 5.03. The summed E-state index contributed by atoms with van der Waals surface area (Å²) in [5.74, 6) is 1.90. The molecule has 96 valence electrons. The van der Waals surface area contributed by atoms with E-state index in [1.165, 1.54) is 6.42 Å².